The number of hydrogen-bond donors (Lipinski definition) is 4. The average molecular weight is 251 g/mol. The molecular weight excluding hydrogens is 238 g/mol. The molecule has 17 heavy (non-hydrogen) atoms. The van der Waals surface area contributed by atoms with Crippen molar-refractivity contribution < 1.29 is 9.59 Å². The van der Waals surface area contributed by atoms with E-state index in [4.69, 9.17) is 0 Å². The minimum atomic E-state index is -0.667. The van der Waals surface area contributed by atoms with E-state index in [2.05, 4.69) is 28.6 Å². The van der Waals surface area contributed by atoms with Crippen LogP contribution < -0.4 is 16.0 Å². The first-order chi connectivity index (χ1) is 8.18. The summed E-state index contributed by atoms with van der Waals surface area (Å²) < 4.78 is 0. The Morgan fingerprint density at radius 2 is 2.06 bits per heavy atom. The molecule has 1 aromatic rings. The van der Waals surface area contributed by atoms with Crippen molar-refractivity contribution in [2.45, 2.75) is 11.4 Å². The Bertz CT molecular complexity index is 424. The predicted octanol–water partition coefficient (Wildman–Crippen LogP) is -0.282. The summed E-state index contributed by atoms with van der Waals surface area (Å²) >= 11 is 4.22. The maximum Gasteiger partial charge on any atom is 0.251 e. The molecule has 3 N–H and O–H groups in total. The summed E-state index contributed by atoms with van der Waals surface area (Å²) in [5, 5.41) is 7.81. The summed E-state index contributed by atoms with van der Waals surface area (Å²) in [5.41, 5.74) is 0.520. The number of thiol groups is 1. The Balaban J connectivity index is 2.05. The monoisotopic (exact) mass is 251 g/mol. The number of hydrogen-bond acceptors (Lipinski definition) is 4. The number of amides is 2. The van der Waals surface area contributed by atoms with E-state index in [1.807, 2.05) is 6.07 Å². The van der Waals surface area contributed by atoms with Crippen molar-refractivity contribution in [1.82, 2.24) is 16.0 Å². The number of nitrogens with one attached hydrogen (secondary N) is 3. The van der Waals surface area contributed by atoms with Crippen LogP contribution in [0, 0.1) is 0 Å². The lowest BCUT2D eigenvalue weighted by Gasteiger charge is -2.29. The van der Waals surface area contributed by atoms with Crippen molar-refractivity contribution in [2.75, 3.05) is 6.67 Å². The number of benzene rings is 1. The first-order valence-corrected chi connectivity index (χ1v) is 5.75. The van der Waals surface area contributed by atoms with Gasteiger partial charge in [-0.1, -0.05) is 18.2 Å². The molecule has 1 aliphatic heterocycles. The molecule has 1 aromatic carbocycles. The first-order valence-electron chi connectivity index (χ1n) is 5.23. The van der Waals surface area contributed by atoms with Gasteiger partial charge in [-0.15, -0.1) is 0 Å². The van der Waals surface area contributed by atoms with Crippen LogP contribution in [-0.2, 0) is 4.79 Å². The van der Waals surface area contributed by atoms with Gasteiger partial charge < -0.3 is 10.6 Å². The van der Waals surface area contributed by atoms with Crippen molar-refractivity contribution >= 4 is 24.4 Å². The maximum absolute atomic E-state index is 11.9. The third-order valence-corrected chi connectivity index (χ3v) is 2.98. The normalized spacial score (nSPS) is 23.9. The summed E-state index contributed by atoms with van der Waals surface area (Å²) in [6, 6.07) is 8.08. The highest BCUT2D eigenvalue weighted by atomic mass is 32.1. The van der Waals surface area contributed by atoms with Crippen LogP contribution in [-0.4, -0.2) is 29.9 Å². The molecule has 5 nitrogen and oxygen atoms in total. The molecule has 0 saturated carbocycles. The number of rotatable bonds is 2. The smallest absolute Gasteiger partial charge is 0.251 e. The van der Waals surface area contributed by atoms with Crippen molar-refractivity contribution in [3.8, 4) is 0 Å². The third kappa shape index (κ3) is 2.78. The lowest BCUT2D eigenvalue weighted by atomic mass is 10.1. The van der Waals surface area contributed by atoms with Gasteiger partial charge in [0.25, 0.3) is 5.91 Å². The quantitative estimate of drug-likeness (QED) is 0.546. The van der Waals surface area contributed by atoms with Crippen LogP contribution in [0.15, 0.2) is 30.3 Å². The molecule has 6 heteroatoms. The van der Waals surface area contributed by atoms with E-state index < -0.39 is 6.04 Å². The van der Waals surface area contributed by atoms with Gasteiger partial charge in [0.1, 0.15) is 6.04 Å². The van der Waals surface area contributed by atoms with E-state index in [0.717, 1.165) is 0 Å². The highest BCUT2D eigenvalue weighted by molar-refractivity contribution is 7.81. The van der Waals surface area contributed by atoms with Gasteiger partial charge in [-0.2, -0.15) is 12.6 Å². The van der Waals surface area contributed by atoms with Crippen LogP contribution in [0.4, 0.5) is 0 Å². The van der Waals surface area contributed by atoms with Gasteiger partial charge in [0.2, 0.25) is 5.91 Å². The van der Waals surface area contributed by atoms with Gasteiger partial charge in [-0.25, -0.2) is 0 Å². The summed E-state index contributed by atoms with van der Waals surface area (Å²) in [7, 11) is 0. The second-order valence-corrected chi connectivity index (χ2v) is 4.24. The molecule has 0 radical (unpaired) electrons. The van der Waals surface area contributed by atoms with Gasteiger partial charge >= 0.3 is 0 Å². The standard InChI is InChI=1S/C11H13N3O2S/c15-9(7-4-2-1-3-5-7)14-8-10(16)12-6-13-11(8)17/h1-5,8,11,13,17H,6H2,(H,12,16)(H,14,15). The molecule has 90 valence electrons. The molecule has 2 amide bonds. The summed E-state index contributed by atoms with van der Waals surface area (Å²) in [6.07, 6.45) is 0. The van der Waals surface area contributed by atoms with E-state index in [1.165, 1.54) is 0 Å². The van der Waals surface area contributed by atoms with Crippen LogP contribution in [0.2, 0.25) is 0 Å². The van der Waals surface area contributed by atoms with Gasteiger partial charge in [0.05, 0.1) is 12.0 Å². The van der Waals surface area contributed by atoms with E-state index in [-0.39, 0.29) is 17.2 Å². The average Bonchev–Trinajstić information content (AvgIpc) is 2.35. The fourth-order valence-electron chi connectivity index (χ4n) is 1.57. The van der Waals surface area contributed by atoms with Gasteiger partial charge in [0.15, 0.2) is 0 Å². The zero-order valence-electron chi connectivity index (χ0n) is 9.01. The van der Waals surface area contributed by atoms with Gasteiger partial charge in [-0.05, 0) is 12.1 Å². The highest BCUT2D eigenvalue weighted by Gasteiger charge is 2.30. The molecule has 2 rings (SSSR count). The highest BCUT2D eigenvalue weighted by Crippen LogP contribution is 2.05. The lowest BCUT2D eigenvalue weighted by Crippen LogP contribution is -2.62. The van der Waals surface area contributed by atoms with Crippen LogP contribution in [0.1, 0.15) is 10.4 Å². The van der Waals surface area contributed by atoms with Crippen molar-refractivity contribution in [1.29, 1.82) is 0 Å². The summed E-state index contributed by atoms with van der Waals surface area (Å²) in [5.74, 6) is -0.512. The summed E-state index contributed by atoms with van der Waals surface area (Å²) in [6.45, 7) is 0.366. The molecule has 1 saturated heterocycles. The number of carbonyl (C=O) groups excluding carboxylic acids is 2. The van der Waals surface area contributed by atoms with E-state index in [9.17, 15) is 9.59 Å². The SMILES string of the molecule is O=C(NC1C(=O)NCNC1S)c1ccccc1. The van der Waals surface area contributed by atoms with Crippen LogP contribution in [0.25, 0.3) is 0 Å². The lowest BCUT2D eigenvalue weighted by molar-refractivity contribution is -0.124. The van der Waals surface area contributed by atoms with Gasteiger partial charge in [0, 0.05) is 5.56 Å². The molecule has 0 bridgehead atoms. The fourth-order valence-corrected chi connectivity index (χ4v) is 1.87. The second-order valence-electron chi connectivity index (χ2n) is 3.68. The van der Waals surface area contributed by atoms with Crippen LogP contribution in [0.5, 0.6) is 0 Å². The van der Waals surface area contributed by atoms with Crippen molar-refractivity contribution in [2.24, 2.45) is 0 Å². The van der Waals surface area contributed by atoms with E-state index >= 15 is 0 Å². The van der Waals surface area contributed by atoms with Crippen molar-refractivity contribution in [3.63, 3.8) is 0 Å². The Kier molecular flexibility index (Phi) is 3.65. The largest absolute Gasteiger partial charge is 0.342 e. The molecule has 0 aromatic heterocycles. The zero-order valence-corrected chi connectivity index (χ0v) is 9.91. The Hall–Kier alpha value is -1.53. The molecule has 2 atom stereocenters. The van der Waals surface area contributed by atoms with E-state index in [0.29, 0.717) is 12.2 Å². The third-order valence-electron chi connectivity index (χ3n) is 2.49. The second kappa shape index (κ2) is 5.20. The first kappa shape index (κ1) is 11.9. The minimum Gasteiger partial charge on any atom is -0.342 e. The molecule has 0 spiro atoms. The molecule has 1 heterocycles. The fraction of sp³-hybridized carbons (Fsp3) is 0.273. The topological polar surface area (TPSA) is 70.2 Å². The molecule has 1 aliphatic rings. The molecular formula is C11H13N3O2S. The molecule has 1 fully saturated rings. The van der Waals surface area contributed by atoms with Crippen LogP contribution in [0.3, 0.4) is 0 Å². The summed E-state index contributed by atoms with van der Waals surface area (Å²) in [4.78, 5) is 23.4. The zero-order chi connectivity index (χ0) is 12.3. The Morgan fingerprint density at radius 1 is 1.35 bits per heavy atom. The van der Waals surface area contributed by atoms with Crippen molar-refractivity contribution in [3.05, 3.63) is 35.9 Å². The van der Waals surface area contributed by atoms with Gasteiger partial charge in [-0.3, -0.25) is 14.9 Å². The van der Waals surface area contributed by atoms with Crippen LogP contribution >= 0.6 is 12.6 Å². The number of carbonyl (C=O) groups is 2. The Labute approximate surface area is 104 Å². The predicted molar refractivity (Wildman–Crippen MR) is 66.6 cm³/mol. The molecule has 2 unspecified atom stereocenters. The maximum atomic E-state index is 11.9. The minimum absolute atomic E-state index is 0.229. The van der Waals surface area contributed by atoms with E-state index in [1.54, 1.807) is 24.3 Å². The molecule has 0 aliphatic carbocycles. The Morgan fingerprint density at radius 3 is 2.71 bits per heavy atom.